The molecule has 2 aromatic rings. The Hall–Kier alpha value is -2.01. The van der Waals surface area contributed by atoms with E-state index in [-0.39, 0.29) is 12.6 Å². The first-order valence-electron chi connectivity index (χ1n) is 6.63. The van der Waals surface area contributed by atoms with E-state index in [1.807, 2.05) is 48.5 Å². The molecule has 2 aromatic carbocycles. The molecule has 1 unspecified atom stereocenters. The molecule has 1 atom stereocenters. The van der Waals surface area contributed by atoms with Crippen molar-refractivity contribution in [2.45, 2.75) is 12.7 Å². The first-order valence-corrected chi connectivity index (χ1v) is 7.42. The number of hydrogen-bond donors (Lipinski definition) is 1. The standard InChI is InChI=1S/C16H14BrNO3/c17-12-7-5-11(6-8-12)10-20-16(19)15-9-18-13-3-1-2-4-14(13)21-15/h1-8,15,18H,9-10H2. The van der Waals surface area contributed by atoms with E-state index in [0.717, 1.165) is 15.7 Å². The molecule has 0 amide bonds. The minimum absolute atomic E-state index is 0.244. The lowest BCUT2D eigenvalue weighted by atomic mass is 10.2. The lowest BCUT2D eigenvalue weighted by Crippen LogP contribution is -2.38. The van der Waals surface area contributed by atoms with Gasteiger partial charge in [-0.05, 0) is 29.8 Å². The molecule has 4 nitrogen and oxygen atoms in total. The molecule has 0 saturated heterocycles. The summed E-state index contributed by atoms with van der Waals surface area (Å²) >= 11 is 3.37. The number of fused-ring (bicyclic) bond motifs is 1. The minimum atomic E-state index is -0.615. The SMILES string of the molecule is O=C(OCc1ccc(Br)cc1)C1CNc2ccccc2O1. The van der Waals surface area contributed by atoms with Crippen molar-refractivity contribution in [3.63, 3.8) is 0 Å². The molecule has 0 aliphatic carbocycles. The first-order chi connectivity index (χ1) is 10.2. The van der Waals surface area contributed by atoms with Crippen LogP contribution in [0.4, 0.5) is 5.69 Å². The van der Waals surface area contributed by atoms with Gasteiger partial charge in [-0.2, -0.15) is 0 Å². The smallest absolute Gasteiger partial charge is 0.349 e. The van der Waals surface area contributed by atoms with Crippen LogP contribution in [0.25, 0.3) is 0 Å². The van der Waals surface area contributed by atoms with Gasteiger partial charge in [-0.3, -0.25) is 0 Å². The van der Waals surface area contributed by atoms with Crippen LogP contribution in [0.1, 0.15) is 5.56 Å². The molecule has 21 heavy (non-hydrogen) atoms. The van der Waals surface area contributed by atoms with Crippen LogP contribution in [0, 0.1) is 0 Å². The highest BCUT2D eigenvalue weighted by Crippen LogP contribution is 2.28. The van der Waals surface area contributed by atoms with Gasteiger partial charge in [-0.15, -0.1) is 0 Å². The third-order valence-electron chi connectivity index (χ3n) is 3.19. The van der Waals surface area contributed by atoms with Crippen LogP contribution in [0.15, 0.2) is 53.0 Å². The Balaban J connectivity index is 1.58. The van der Waals surface area contributed by atoms with E-state index < -0.39 is 6.10 Å². The summed E-state index contributed by atoms with van der Waals surface area (Å²) < 4.78 is 12.0. The van der Waals surface area contributed by atoms with Crippen LogP contribution < -0.4 is 10.1 Å². The Morgan fingerprint density at radius 2 is 2.00 bits per heavy atom. The Labute approximate surface area is 131 Å². The van der Waals surface area contributed by atoms with E-state index in [2.05, 4.69) is 21.2 Å². The van der Waals surface area contributed by atoms with E-state index >= 15 is 0 Å². The lowest BCUT2D eigenvalue weighted by Gasteiger charge is -2.25. The normalized spacial score (nSPS) is 16.3. The summed E-state index contributed by atoms with van der Waals surface area (Å²) in [5.41, 5.74) is 1.84. The molecule has 0 fully saturated rings. The van der Waals surface area contributed by atoms with Gasteiger partial charge in [0.25, 0.3) is 0 Å². The number of rotatable bonds is 3. The van der Waals surface area contributed by atoms with Gasteiger partial charge in [0.05, 0.1) is 12.2 Å². The topological polar surface area (TPSA) is 47.6 Å². The fourth-order valence-electron chi connectivity index (χ4n) is 2.07. The molecule has 0 saturated carbocycles. The van der Waals surface area contributed by atoms with Crippen LogP contribution in [-0.4, -0.2) is 18.6 Å². The van der Waals surface area contributed by atoms with Gasteiger partial charge in [0, 0.05) is 4.47 Å². The summed E-state index contributed by atoms with van der Waals surface area (Å²) in [7, 11) is 0. The van der Waals surface area contributed by atoms with Crippen molar-refractivity contribution >= 4 is 27.6 Å². The van der Waals surface area contributed by atoms with E-state index in [9.17, 15) is 4.79 Å². The number of halogens is 1. The number of nitrogens with one attached hydrogen (secondary N) is 1. The second-order valence-electron chi connectivity index (χ2n) is 4.72. The zero-order valence-corrected chi connectivity index (χ0v) is 12.8. The molecule has 1 aliphatic heterocycles. The number of esters is 1. The number of para-hydroxylation sites is 2. The number of carbonyl (C=O) groups is 1. The largest absolute Gasteiger partial charge is 0.475 e. The maximum Gasteiger partial charge on any atom is 0.349 e. The van der Waals surface area contributed by atoms with Crippen LogP contribution in [0.3, 0.4) is 0 Å². The Kier molecular flexibility index (Phi) is 4.10. The second kappa shape index (κ2) is 6.18. The van der Waals surface area contributed by atoms with Crippen molar-refractivity contribution < 1.29 is 14.3 Å². The maximum absolute atomic E-state index is 12.1. The van der Waals surface area contributed by atoms with Gasteiger partial charge in [-0.1, -0.05) is 40.2 Å². The summed E-state index contributed by atoms with van der Waals surface area (Å²) in [4.78, 5) is 12.1. The van der Waals surface area contributed by atoms with E-state index in [1.165, 1.54) is 0 Å². The van der Waals surface area contributed by atoms with E-state index in [1.54, 1.807) is 0 Å². The van der Waals surface area contributed by atoms with E-state index in [4.69, 9.17) is 9.47 Å². The molecule has 0 spiro atoms. The van der Waals surface area contributed by atoms with Crippen LogP contribution in [0.5, 0.6) is 5.75 Å². The molecule has 0 bridgehead atoms. The molecule has 108 valence electrons. The zero-order chi connectivity index (χ0) is 14.7. The minimum Gasteiger partial charge on any atom is -0.475 e. The predicted octanol–water partition coefficient (Wildman–Crippen LogP) is 3.37. The second-order valence-corrected chi connectivity index (χ2v) is 5.63. The molecular weight excluding hydrogens is 334 g/mol. The Morgan fingerprint density at radius 1 is 1.24 bits per heavy atom. The van der Waals surface area contributed by atoms with Gasteiger partial charge in [0.1, 0.15) is 12.4 Å². The zero-order valence-electron chi connectivity index (χ0n) is 11.2. The maximum atomic E-state index is 12.1. The lowest BCUT2D eigenvalue weighted by molar-refractivity contribution is -0.152. The number of benzene rings is 2. The highest BCUT2D eigenvalue weighted by atomic mass is 79.9. The summed E-state index contributed by atoms with van der Waals surface area (Å²) in [6, 6.07) is 15.2. The fourth-order valence-corrected chi connectivity index (χ4v) is 2.34. The summed E-state index contributed by atoms with van der Waals surface area (Å²) in [5.74, 6) is 0.314. The van der Waals surface area contributed by atoms with Crippen molar-refractivity contribution in [3.05, 3.63) is 58.6 Å². The summed E-state index contributed by atoms with van der Waals surface area (Å²) in [6.45, 7) is 0.657. The average Bonchev–Trinajstić information content (AvgIpc) is 2.53. The predicted molar refractivity (Wildman–Crippen MR) is 83.3 cm³/mol. The van der Waals surface area contributed by atoms with Gasteiger partial charge < -0.3 is 14.8 Å². The number of anilines is 1. The van der Waals surface area contributed by atoms with Crippen molar-refractivity contribution in [3.8, 4) is 5.75 Å². The van der Waals surface area contributed by atoms with Gasteiger partial charge in [0.2, 0.25) is 6.10 Å². The van der Waals surface area contributed by atoms with Gasteiger partial charge in [0.15, 0.2) is 0 Å². The van der Waals surface area contributed by atoms with Crippen LogP contribution in [-0.2, 0) is 16.1 Å². The highest BCUT2D eigenvalue weighted by Gasteiger charge is 2.26. The molecule has 1 aliphatic rings. The molecule has 1 heterocycles. The quantitative estimate of drug-likeness (QED) is 0.864. The molecule has 5 heteroatoms. The molecule has 1 N–H and O–H groups in total. The van der Waals surface area contributed by atoms with Crippen molar-refractivity contribution in [2.24, 2.45) is 0 Å². The van der Waals surface area contributed by atoms with Crippen molar-refractivity contribution in [1.82, 2.24) is 0 Å². The summed E-state index contributed by atoms with van der Waals surface area (Å²) in [5, 5.41) is 3.17. The number of carbonyl (C=O) groups excluding carboxylic acids is 1. The average molecular weight is 348 g/mol. The van der Waals surface area contributed by atoms with Gasteiger partial charge >= 0.3 is 5.97 Å². The van der Waals surface area contributed by atoms with E-state index in [0.29, 0.717) is 12.3 Å². The third-order valence-corrected chi connectivity index (χ3v) is 3.72. The van der Waals surface area contributed by atoms with Gasteiger partial charge in [-0.25, -0.2) is 4.79 Å². The van der Waals surface area contributed by atoms with Crippen LogP contribution in [0.2, 0.25) is 0 Å². The Bertz CT molecular complexity index is 642. The van der Waals surface area contributed by atoms with Crippen molar-refractivity contribution in [1.29, 1.82) is 0 Å². The number of ether oxygens (including phenoxy) is 2. The highest BCUT2D eigenvalue weighted by molar-refractivity contribution is 9.10. The van der Waals surface area contributed by atoms with Crippen molar-refractivity contribution in [2.75, 3.05) is 11.9 Å². The molecular formula is C16H14BrNO3. The Morgan fingerprint density at radius 3 is 2.81 bits per heavy atom. The molecule has 0 radical (unpaired) electrons. The monoisotopic (exact) mass is 347 g/mol. The number of hydrogen-bond acceptors (Lipinski definition) is 4. The fraction of sp³-hybridized carbons (Fsp3) is 0.188. The molecule has 3 rings (SSSR count). The third kappa shape index (κ3) is 3.36. The molecule has 0 aromatic heterocycles. The first kappa shape index (κ1) is 13.9. The summed E-state index contributed by atoms with van der Waals surface area (Å²) in [6.07, 6.45) is -0.615. The van der Waals surface area contributed by atoms with Crippen LogP contribution >= 0.6 is 15.9 Å².